The molecule has 7 heteroatoms. The van der Waals surface area contributed by atoms with Crippen molar-refractivity contribution in [3.05, 3.63) is 95.7 Å². The molecule has 2 heterocycles. The van der Waals surface area contributed by atoms with Crippen molar-refractivity contribution < 1.29 is 15.0 Å². The van der Waals surface area contributed by atoms with Crippen LogP contribution in [0.4, 0.5) is 5.69 Å². The van der Waals surface area contributed by atoms with Gasteiger partial charge in [-0.2, -0.15) is 0 Å². The lowest BCUT2D eigenvalue weighted by Crippen LogP contribution is -2.30. The van der Waals surface area contributed by atoms with E-state index in [-0.39, 0.29) is 23.6 Å². The molecule has 0 unspecified atom stereocenters. The van der Waals surface area contributed by atoms with Gasteiger partial charge in [0.1, 0.15) is 17.3 Å². The highest BCUT2D eigenvalue weighted by Gasteiger charge is 2.22. The molecule has 2 N–H and O–H groups in total. The molecular weight excluding hydrogens is 416 g/mol. The predicted molar refractivity (Wildman–Crippen MR) is 126 cm³/mol. The van der Waals surface area contributed by atoms with E-state index in [4.69, 9.17) is 0 Å². The summed E-state index contributed by atoms with van der Waals surface area (Å²) in [6, 6.07) is 15.2. The lowest BCUT2D eigenvalue weighted by atomic mass is 10.0. The van der Waals surface area contributed by atoms with Gasteiger partial charge in [-0.05, 0) is 54.8 Å². The molecule has 4 rings (SSSR count). The number of benzene rings is 2. The predicted octanol–water partition coefficient (Wildman–Crippen LogP) is 4.67. The highest BCUT2D eigenvalue weighted by Crippen LogP contribution is 2.29. The van der Waals surface area contributed by atoms with E-state index in [1.807, 2.05) is 49.5 Å². The molecule has 2 aromatic heterocycles. The third kappa shape index (κ3) is 4.82. The van der Waals surface area contributed by atoms with Crippen molar-refractivity contribution in [1.82, 2.24) is 15.0 Å². The summed E-state index contributed by atoms with van der Waals surface area (Å²) < 4.78 is 0. The molecule has 7 nitrogen and oxygen atoms in total. The smallest absolute Gasteiger partial charge is 0.262 e. The van der Waals surface area contributed by atoms with Crippen molar-refractivity contribution in [2.75, 3.05) is 4.90 Å². The second-order valence-electron chi connectivity index (χ2n) is 7.65. The molecule has 0 radical (unpaired) electrons. The molecule has 0 fully saturated rings. The number of aryl methyl sites for hydroxylation is 2. The number of phenols is 2. The minimum atomic E-state index is -0.392. The van der Waals surface area contributed by atoms with Crippen LogP contribution in [0.2, 0.25) is 0 Å². The van der Waals surface area contributed by atoms with Gasteiger partial charge in [-0.25, -0.2) is 9.97 Å². The van der Waals surface area contributed by atoms with Gasteiger partial charge in [0, 0.05) is 35.9 Å². The summed E-state index contributed by atoms with van der Waals surface area (Å²) in [6.07, 6.45) is 6.02. The van der Waals surface area contributed by atoms with E-state index in [1.165, 1.54) is 12.1 Å². The minimum Gasteiger partial charge on any atom is -0.508 e. The van der Waals surface area contributed by atoms with Crippen LogP contribution in [0.25, 0.3) is 11.3 Å². The lowest BCUT2D eigenvalue weighted by molar-refractivity contribution is 0.0982. The van der Waals surface area contributed by atoms with Gasteiger partial charge in [0.2, 0.25) is 0 Å². The van der Waals surface area contributed by atoms with Gasteiger partial charge in [0.15, 0.2) is 0 Å². The van der Waals surface area contributed by atoms with Crippen molar-refractivity contribution in [2.24, 2.45) is 0 Å². The molecular formula is C26H24N4O3. The van der Waals surface area contributed by atoms with Crippen molar-refractivity contribution in [3.63, 3.8) is 0 Å². The summed E-state index contributed by atoms with van der Waals surface area (Å²) >= 11 is 0. The van der Waals surface area contributed by atoms with Crippen molar-refractivity contribution in [1.29, 1.82) is 0 Å². The van der Waals surface area contributed by atoms with Crippen molar-refractivity contribution >= 4 is 11.6 Å². The summed E-state index contributed by atoms with van der Waals surface area (Å²) in [6.45, 7) is 4.18. The minimum absolute atomic E-state index is 0.0976. The Balaban J connectivity index is 1.73. The highest BCUT2D eigenvalue weighted by molar-refractivity contribution is 6.08. The molecule has 0 aliphatic rings. The van der Waals surface area contributed by atoms with Gasteiger partial charge in [-0.15, -0.1) is 0 Å². The first-order valence-corrected chi connectivity index (χ1v) is 10.6. The number of hydrogen-bond donors (Lipinski definition) is 2. The normalized spacial score (nSPS) is 10.7. The monoisotopic (exact) mass is 440 g/mol. The van der Waals surface area contributed by atoms with Crippen LogP contribution in [0, 0.1) is 6.92 Å². The zero-order chi connectivity index (χ0) is 23.4. The molecule has 0 aliphatic heterocycles. The number of carbonyl (C=O) groups excluding carboxylic acids is 1. The average molecular weight is 441 g/mol. The number of phenolic OH excluding ortho intramolecular Hbond substituents is 2. The van der Waals surface area contributed by atoms with Crippen molar-refractivity contribution in [3.8, 4) is 22.8 Å². The third-order valence-electron chi connectivity index (χ3n) is 5.34. The number of hydrogen-bond acceptors (Lipinski definition) is 6. The average Bonchev–Trinajstić information content (AvgIpc) is 2.83. The van der Waals surface area contributed by atoms with E-state index >= 15 is 0 Å². The van der Waals surface area contributed by atoms with Gasteiger partial charge >= 0.3 is 0 Å². The fourth-order valence-corrected chi connectivity index (χ4v) is 3.60. The number of nitrogens with zero attached hydrogens (tertiary/aromatic N) is 4. The van der Waals surface area contributed by atoms with Crippen LogP contribution in [0.5, 0.6) is 11.5 Å². The quantitative estimate of drug-likeness (QED) is 0.452. The van der Waals surface area contributed by atoms with E-state index in [0.717, 1.165) is 34.9 Å². The first-order valence-electron chi connectivity index (χ1n) is 10.6. The summed E-state index contributed by atoms with van der Waals surface area (Å²) in [5.74, 6) is -0.0883. The fourth-order valence-electron chi connectivity index (χ4n) is 3.60. The summed E-state index contributed by atoms with van der Waals surface area (Å²) in [5, 5.41) is 19.9. The van der Waals surface area contributed by atoms with Crippen LogP contribution in [-0.4, -0.2) is 31.1 Å². The Bertz CT molecular complexity index is 1270. The number of pyridine rings is 1. The molecule has 2 aromatic carbocycles. The second-order valence-corrected chi connectivity index (χ2v) is 7.65. The second kappa shape index (κ2) is 9.48. The first kappa shape index (κ1) is 22.0. The third-order valence-corrected chi connectivity index (χ3v) is 5.34. The molecule has 0 saturated carbocycles. The topological polar surface area (TPSA) is 99.4 Å². The first-order chi connectivity index (χ1) is 16.0. The number of amides is 1. The van der Waals surface area contributed by atoms with Crippen molar-refractivity contribution in [2.45, 2.75) is 26.8 Å². The van der Waals surface area contributed by atoms with Crippen LogP contribution in [0.1, 0.15) is 34.2 Å². The maximum absolute atomic E-state index is 13.4. The fraction of sp³-hybridized carbons (Fsp3) is 0.154. The van der Waals surface area contributed by atoms with E-state index < -0.39 is 5.91 Å². The van der Waals surface area contributed by atoms with Gasteiger partial charge in [0.25, 0.3) is 5.91 Å². The maximum atomic E-state index is 13.4. The summed E-state index contributed by atoms with van der Waals surface area (Å²) in [4.78, 5) is 28.0. The van der Waals surface area contributed by atoms with Crippen LogP contribution >= 0.6 is 0 Å². The number of rotatable bonds is 6. The highest BCUT2D eigenvalue weighted by atomic mass is 16.3. The van der Waals surface area contributed by atoms with E-state index in [9.17, 15) is 15.0 Å². The Morgan fingerprint density at radius 1 is 1.03 bits per heavy atom. The van der Waals surface area contributed by atoms with Gasteiger partial charge in [-0.1, -0.05) is 25.1 Å². The molecule has 0 spiro atoms. The zero-order valence-corrected chi connectivity index (χ0v) is 18.4. The summed E-state index contributed by atoms with van der Waals surface area (Å²) in [5.41, 5.74) is 4.45. The molecule has 1 amide bonds. The Hall–Kier alpha value is -4.26. The van der Waals surface area contributed by atoms with E-state index in [0.29, 0.717) is 11.5 Å². The largest absolute Gasteiger partial charge is 0.508 e. The number of anilines is 1. The van der Waals surface area contributed by atoms with E-state index in [1.54, 1.807) is 17.3 Å². The number of aromatic hydroxyl groups is 2. The molecule has 0 bridgehead atoms. The lowest BCUT2D eigenvalue weighted by Gasteiger charge is -2.24. The van der Waals surface area contributed by atoms with Gasteiger partial charge in [0.05, 0.1) is 17.8 Å². The molecule has 4 aromatic rings. The number of aromatic nitrogens is 3. The van der Waals surface area contributed by atoms with Crippen LogP contribution < -0.4 is 4.90 Å². The Morgan fingerprint density at radius 3 is 2.48 bits per heavy atom. The molecule has 0 saturated heterocycles. The standard InChI is InChI=1S/C26H24N4O3/c1-3-19-15-28-17(2)29-25(19)20-6-8-21(9-7-20)30(16-18-5-4-12-27-14-18)26(33)23-11-10-22(31)13-24(23)32/h4-15,31-32H,3,16H2,1-2H3. The summed E-state index contributed by atoms with van der Waals surface area (Å²) in [7, 11) is 0. The molecule has 33 heavy (non-hydrogen) atoms. The van der Waals surface area contributed by atoms with Crippen LogP contribution in [0.3, 0.4) is 0 Å². The molecule has 166 valence electrons. The maximum Gasteiger partial charge on any atom is 0.262 e. The van der Waals surface area contributed by atoms with Crippen LogP contribution in [0.15, 0.2) is 73.2 Å². The number of carbonyl (C=O) groups is 1. The molecule has 0 aliphatic carbocycles. The van der Waals surface area contributed by atoms with E-state index in [2.05, 4.69) is 21.9 Å². The molecule has 0 atom stereocenters. The Morgan fingerprint density at radius 2 is 1.82 bits per heavy atom. The Labute approximate surface area is 192 Å². The van der Waals surface area contributed by atoms with Gasteiger partial charge < -0.3 is 15.1 Å². The SMILES string of the molecule is CCc1cnc(C)nc1-c1ccc(N(Cc2cccnc2)C(=O)c2ccc(O)cc2O)cc1. The zero-order valence-electron chi connectivity index (χ0n) is 18.4. The Kier molecular flexibility index (Phi) is 6.31. The van der Waals surface area contributed by atoms with Gasteiger partial charge in [-0.3, -0.25) is 9.78 Å². The van der Waals surface area contributed by atoms with Crippen LogP contribution in [-0.2, 0) is 13.0 Å².